The highest BCUT2D eigenvalue weighted by Gasteiger charge is 2.61. The topological polar surface area (TPSA) is 129 Å². The minimum Gasteiger partial charge on any atom is -0.472 e. The summed E-state index contributed by atoms with van der Waals surface area (Å²) in [4.78, 5) is 16.7. The van der Waals surface area contributed by atoms with E-state index < -0.39 is 83.4 Å². The molecular weight excluding hydrogens is 698 g/mol. The number of carbonyl (C=O) groups is 1. The van der Waals surface area contributed by atoms with Crippen molar-refractivity contribution >= 4 is 11.8 Å². The molecule has 0 aliphatic rings. The lowest BCUT2D eigenvalue weighted by Crippen LogP contribution is -2.45. The zero-order valence-electron chi connectivity index (χ0n) is 29.0. The summed E-state index contributed by atoms with van der Waals surface area (Å²) >= 11 is 0. The van der Waals surface area contributed by atoms with Crippen LogP contribution in [0.2, 0.25) is 0 Å². The van der Waals surface area contributed by atoms with Crippen LogP contribution in [-0.4, -0.2) is 44.3 Å². The quantitative estimate of drug-likeness (QED) is 0.0906. The van der Waals surface area contributed by atoms with Gasteiger partial charge in [0, 0.05) is 0 Å². The van der Waals surface area contributed by atoms with E-state index in [1.807, 2.05) is 0 Å². The van der Waals surface area contributed by atoms with Gasteiger partial charge in [-0.05, 0) is 64.2 Å². The Kier molecular flexibility index (Phi) is 12.9. The fraction of sp³-hybridized carbons (Fsp3) is 0.444. The lowest BCUT2D eigenvalue weighted by molar-refractivity contribution is -0.300. The molecule has 0 radical (unpaired) electrons. The van der Waals surface area contributed by atoms with Gasteiger partial charge in [-0.25, -0.2) is 9.78 Å². The number of unbranched alkanes of at least 4 members (excludes halogenated alkanes) is 2. The standard InChI is InChI=1S/C36H40F6N4O6/c1-23(47)14-8-7-13-19-34(36(40,41)42,50-22-25-17-11-6-12-18-25)31-46-45-30(51-31)28-27(43-32(48)52-33(2,3)4)20-26(35(37,38)39)29(44-28)49-21-24-15-9-5-10-16-24/h5-6,9-12,15-18,20,23,47H,7-8,13-14,19,21-22H2,1-4H3,(H,43,48)/t23-,34+/m0/s1. The third-order valence-corrected chi connectivity index (χ3v) is 7.56. The molecule has 0 aliphatic heterocycles. The van der Waals surface area contributed by atoms with E-state index in [4.69, 9.17) is 18.6 Å². The monoisotopic (exact) mass is 738 g/mol. The van der Waals surface area contributed by atoms with Crippen LogP contribution in [0.5, 0.6) is 5.88 Å². The first-order valence-corrected chi connectivity index (χ1v) is 16.4. The van der Waals surface area contributed by atoms with Crippen LogP contribution >= 0.6 is 0 Å². The first-order chi connectivity index (χ1) is 24.4. The molecule has 282 valence electrons. The van der Waals surface area contributed by atoms with Gasteiger partial charge in [0.15, 0.2) is 5.69 Å². The Hall–Kier alpha value is -4.70. The molecule has 2 N–H and O–H groups in total. The number of hydrogen-bond acceptors (Lipinski definition) is 9. The number of pyridine rings is 1. The zero-order valence-corrected chi connectivity index (χ0v) is 29.0. The van der Waals surface area contributed by atoms with Crippen molar-refractivity contribution in [2.75, 3.05) is 5.32 Å². The first kappa shape index (κ1) is 40.1. The predicted octanol–water partition coefficient (Wildman–Crippen LogP) is 9.38. The van der Waals surface area contributed by atoms with Crippen molar-refractivity contribution in [1.82, 2.24) is 15.2 Å². The summed E-state index contributed by atoms with van der Waals surface area (Å²) < 4.78 is 111. The molecule has 16 heteroatoms. The van der Waals surface area contributed by atoms with Crippen molar-refractivity contribution < 1.29 is 54.9 Å². The molecular formula is C36H40F6N4O6. The van der Waals surface area contributed by atoms with Crippen LogP contribution in [0.15, 0.2) is 71.1 Å². The molecule has 0 saturated heterocycles. The van der Waals surface area contributed by atoms with Gasteiger partial charge in [0.2, 0.25) is 11.5 Å². The van der Waals surface area contributed by atoms with Crippen LogP contribution in [0.3, 0.4) is 0 Å². The van der Waals surface area contributed by atoms with Crippen LogP contribution < -0.4 is 10.1 Å². The number of alkyl halides is 6. The van der Waals surface area contributed by atoms with Gasteiger partial charge in [0.05, 0.1) is 18.4 Å². The number of hydrogen-bond donors (Lipinski definition) is 2. The number of anilines is 1. The summed E-state index contributed by atoms with van der Waals surface area (Å²) in [6.07, 6.45) is -11.6. The van der Waals surface area contributed by atoms with Crippen molar-refractivity contribution in [3.05, 3.63) is 89.3 Å². The van der Waals surface area contributed by atoms with Crippen molar-refractivity contribution in [2.24, 2.45) is 0 Å². The molecule has 2 aromatic carbocycles. The molecule has 10 nitrogen and oxygen atoms in total. The SMILES string of the molecule is C[C@H](O)CCCCC[C@@](OCc1ccccc1)(c1nnc(-c2nc(OCc3ccccc3)c(C(F)(F)F)cc2NC(=O)OC(C)(C)C)o1)C(F)(F)F. The number of amides is 1. The molecule has 0 saturated carbocycles. The molecule has 0 fully saturated rings. The predicted molar refractivity (Wildman–Crippen MR) is 177 cm³/mol. The van der Waals surface area contributed by atoms with E-state index >= 15 is 13.2 Å². The Labute approximate surface area is 296 Å². The fourth-order valence-electron chi connectivity index (χ4n) is 5.05. The number of rotatable bonds is 15. The Bertz CT molecular complexity index is 1740. The van der Waals surface area contributed by atoms with E-state index in [2.05, 4.69) is 20.5 Å². The maximum absolute atomic E-state index is 15.2. The summed E-state index contributed by atoms with van der Waals surface area (Å²) in [6, 6.07) is 16.8. The summed E-state index contributed by atoms with van der Waals surface area (Å²) in [7, 11) is 0. The van der Waals surface area contributed by atoms with Gasteiger partial charge < -0.3 is 23.7 Å². The Balaban J connectivity index is 1.83. The van der Waals surface area contributed by atoms with Gasteiger partial charge >= 0.3 is 18.4 Å². The van der Waals surface area contributed by atoms with E-state index in [9.17, 15) is 23.1 Å². The molecule has 4 rings (SSSR count). The minimum atomic E-state index is -5.12. The Morgan fingerprint density at radius 3 is 2.06 bits per heavy atom. The van der Waals surface area contributed by atoms with Gasteiger partial charge in [-0.15, -0.1) is 10.2 Å². The van der Waals surface area contributed by atoms with Gasteiger partial charge in [-0.1, -0.05) is 73.5 Å². The van der Waals surface area contributed by atoms with E-state index in [0.29, 0.717) is 36.5 Å². The number of nitrogens with one attached hydrogen (secondary N) is 1. The highest BCUT2D eigenvalue weighted by atomic mass is 19.4. The van der Waals surface area contributed by atoms with Crippen molar-refractivity contribution in [1.29, 1.82) is 0 Å². The molecule has 0 unspecified atom stereocenters. The number of carbonyl (C=O) groups excluding carboxylic acids is 1. The summed E-state index contributed by atoms with van der Waals surface area (Å²) in [5.74, 6) is -2.75. The number of aliphatic hydroxyl groups is 1. The smallest absolute Gasteiger partial charge is 0.426 e. The first-order valence-electron chi connectivity index (χ1n) is 16.4. The number of aromatic nitrogens is 3. The van der Waals surface area contributed by atoms with E-state index in [-0.39, 0.29) is 13.0 Å². The summed E-state index contributed by atoms with van der Waals surface area (Å²) in [5.41, 5.74) is -5.98. The average Bonchev–Trinajstić information content (AvgIpc) is 3.54. The lowest BCUT2D eigenvalue weighted by Gasteiger charge is -2.32. The largest absolute Gasteiger partial charge is 0.472 e. The average molecular weight is 739 g/mol. The number of nitrogens with zero attached hydrogens (tertiary/aromatic N) is 3. The van der Waals surface area contributed by atoms with E-state index in [0.717, 1.165) is 0 Å². The van der Waals surface area contributed by atoms with Crippen LogP contribution in [-0.2, 0) is 34.5 Å². The summed E-state index contributed by atoms with van der Waals surface area (Å²) in [6.45, 7) is 5.27. The number of ether oxygens (including phenoxy) is 3. The van der Waals surface area contributed by atoms with E-state index in [1.165, 1.54) is 20.8 Å². The van der Waals surface area contributed by atoms with Crippen LogP contribution in [0, 0.1) is 0 Å². The molecule has 4 aromatic rings. The highest BCUT2D eigenvalue weighted by molar-refractivity contribution is 5.89. The molecule has 2 heterocycles. The maximum atomic E-state index is 15.2. The Morgan fingerprint density at radius 2 is 1.50 bits per heavy atom. The van der Waals surface area contributed by atoms with Gasteiger partial charge in [-0.3, -0.25) is 5.32 Å². The normalized spacial score (nSPS) is 14.1. The van der Waals surface area contributed by atoms with Crippen LogP contribution in [0.1, 0.15) is 82.4 Å². The number of aliphatic hydroxyl groups excluding tert-OH is 1. The number of halogens is 6. The second-order valence-corrected chi connectivity index (χ2v) is 13.1. The molecule has 2 aromatic heterocycles. The Morgan fingerprint density at radius 1 is 0.885 bits per heavy atom. The van der Waals surface area contributed by atoms with Gasteiger partial charge in [0.25, 0.3) is 11.8 Å². The summed E-state index contributed by atoms with van der Waals surface area (Å²) in [5, 5.41) is 19.2. The maximum Gasteiger partial charge on any atom is 0.426 e. The third kappa shape index (κ3) is 10.9. The van der Waals surface area contributed by atoms with Crippen molar-refractivity contribution in [3.8, 4) is 17.5 Å². The third-order valence-electron chi connectivity index (χ3n) is 7.56. The van der Waals surface area contributed by atoms with Crippen LogP contribution in [0.25, 0.3) is 11.6 Å². The van der Waals surface area contributed by atoms with Crippen molar-refractivity contribution in [3.63, 3.8) is 0 Å². The minimum absolute atomic E-state index is 0.0276. The number of benzene rings is 2. The fourth-order valence-corrected chi connectivity index (χ4v) is 5.05. The molecule has 0 aliphatic carbocycles. The zero-order chi connectivity index (χ0) is 38.2. The van der Waals surface area contributed by atoms with Crippen LogP contribution in [0.4, 0.5) is 36.8 Å². The molecule has 1 amide bonds. The second kappa shape index (κ2) is 16.8. The molecule has 52 heavy (non-hydrogen) atoms. The highest BCUT2D eigenvalue weighted by Crippen LogP contribution is 2.47. The lowest BCUT2D eigenvalue weighted by atomic mass is 9.94. The molecule has 0 bridgehead atoms. The van der Waals surface area contributed by atoms with E-state index in [1.54, 1.807) is 67.6 Å². The molecule has 0 spiro atoms. The second-order valence-electron chi connectivity index (χ2n) is 13.1. The molecule has 2 atom stereocenters. The van der Waals surface area contributed by atoms with Gasteiger partial charge in [0.1, 0.15) is 17.8 Å². The van der Waals surface area contributed by atoms with Crippen molar-refractivity contribution in [2.45, 2.75) is 103 Å². The van der Waals surface area contributed by atoms with Gasteiger partial charge in [-0.2, -0.15) is 26.3 Å².